The average Bonchev–Trinajstić information content (AvgIpc) is 2.65. The van der Waals surface area contributed by atoms with E-state index in [-0.39, 0.29) is 11.5 Å². The number of hydrogen-bond acceptors (Lipinski definition) is 4. The second-order valence-corrected chi connectivity index (χ2v) is 4.32. The lowest BCUT2D eigenvalue weighted by Crippen LogP contribution is -2.04. The zero-order valence-corrected chi connectivity index (χ0v) is 11.0. The molecule has 4 heteroatoms. The van der Waals surface area contributed by atoms with Gasteiger partial charge in [0.2, 0.25) is 5.76 Å². The van der Waals surface area contributed by atoms with Crippen LogP contribution < -0.4 is 0 Å². The zero-order valence-electron chi connectivity index (χ0n) is 11.0. The SMILES string of the molecule is CCOC(=O)c1oc2c(O)c(C)c(C)cc2c1C. The molecule has 18 heavy (non-hydrogen) atoms. The normalized spacial score (nSPS) is 10.9. The van der Waals surface area contributed by atoms with Crippen LogP contribution in [0.3, 0.4) is 0 Å². The zero-order chi connectivity index (χ0) is 13.4. The molecule has 0 radical (unpaired) electrons. The summed E-state index contributed by atoms with van der Waals surface area (Å²) in [5, 5.41) is 10.8. The van der Waals surface area contributed by atoms with Crippen molar-refractivity contribution < 1.29 is 19.1 Å². The molecule has 2 aromatic rings. The van der Waals surface area contributed by atoms with Crippen LogP contribution in [0.15, 0.2) is 10.5 Å². The fourth-order valence-corrected chi connectivity index (χ4v) is 1.95. The highest BCUT2D eigenvalue weighted by atomic mass is 16.5. The van der Waals surface area contributed by atoms with Gasteiger partial charge in [0, 0.05) is 10.9 Å². The van der Waals surface area contributed by atoms with E-state index in [2.05, 4.69) is 0 Å². The van der Waals surface area contributed by atoms with Gasteiger partial charge in [-0.3, -0.25) is 0 Å². The molecule has 0 saturated carbocycles. The minimum atomic E-state index is -0.499. The molecule has 1 aromatic heterocycles. The number of phenols is 1. The third-order valence-electron chi connectivity index (χ3n) is 3.18. The summed E-state index contributed by atoms with van der Waals surface area (Å²) >= 11 is 0. The van der Waals surface area contributed by atoms with Crippen molar-refractivity contribution in [3.63, 3.8) is 0 Å². The first-order chi connectivity index (χ1) is 8.47. The molecule has 0 unspecified atom stereocenters. The molecule has 1 aromatic carbocycles. The number of rotatable bonds is 2. The Balaban J connectivity index is 2.70. The van der Waals surface area contributed by atoms with Gasteiger partial charge in [-0.2, -0.15) is 0 Å². The lowest BCUT2D eigenvalue weighted by molar-refractivity contribution is 0.0491. The van der Waals surface area contributed by atoms with Crippen LogP contribution in [0.4, 0.5) is 0 Å². The van der Waals surface area contributed by atoms with Crippen LogP contribution in [0.2, 0.25) is 0 Å². The minimum Gasteiger partial charge on any atom is -0.504 e. The number of esters is 1. The molecule has 0 atom stereocenters. The Morgan fingerprint density at radius 1 is 1.33 bits per heavy atom. The molecule has 0 bridgehead atoms. The Hall–Kier alpha value is -1.97. The summed E-state index contributed by atoms with van der Waals surface area (Å²) in [6.07, 6.45) is 0. The largest absolute Gasteiger partial charge is 0.504 e. The average molecular weight is 248 g/mol. The smallest absolute Gasteiger partial charge is 0.374 e. The van der Waals surface area contributed by atoms with Gasteiger partial charge in [0.1, 0.15) is 0 Å². The van der Waals surface area contributed by atoms with Crippen molar-refractivity contribution in [1.82, 2.24) is 0 Å². The molecule has 0 fully saturated rings. The molecular weight excluding hydrogens is 232 g/mol. The fraction of sp³-hybridized carbons (Fsp3) is 0.357. The van der Waals surface area contributed by atoms with Crippen molar-refractivity contribution >= 4 is 16.9 Å². The molecule has 96 valence electrons. The Labute approximate surface area is 105 Å². The summed E-state index contributed by atoms with van der Waals surface area (Å²) in [5.74, 6) is -0.253. The van der Waals surface area contributed by atoms with Crippen LogP contribution in [-0.2, 0) is 4.74 Å². The van der Waals surface area contributed by atoms with E-state index in [0.29, 0.717) is 17.8 Å². The van der Waals surface area contributed by atoms with E-state index in [1.54, 1.807) is 13.8 Å². The predicted octanol–water partition coefficient (Wildman–Crippen LogP) is 3.24. The maximum atomic E-state index is 11.7. The fourth-order valence-electron chi connectivity index (χ4n) is 1.95. The second kappa shape index (κ2) is 4.37. The van der Waals surface area contributed by atoms with Crippen molar-refractivity contribution in [3.05, 3.63) is 28.5 Å². The Morgan fingerprint density at radius 2 is 2.00 bits per heavy atom. The molecule has 2 rings (SSSR count). The number of carbonyl (C=O) groups is 1. The molecule has 1 heterocycles. The number of hydrogen-bond donors (Lipinski definition) is 1. The summed E-state index contributed by atoms with van der Waals surface area (Å²) in [7, 11) is 0. The van der Waals surface area contributed by atoms with Crippen molar-refractivity contribution in [2.45, 2.75) is 27.7 Å². The monoisotopic (exact) mass is 248 g/mol. The summed E-state index contributed by atoms with van der Waals surface area (Å²) in [6.45, 7) is 7.53. The number of furan rings is 1. The highest BCUT2D eigenvalue weighted by Gasteiger charge is 2.21. The van der Waals surface area contributed by atoms with E-state index in [4.69, 9.17) is 9.15 Å². The van der Waals surface area contributed by atoms with Crippen LogP contribution in [0.5, 0.6) is 5.75 Å². The van der Waals surface area contributed by atoms with Crippen LogP contribution in [0, 0.1) is 20.8 Å². The Morgan fingerprint density at radius 3 is 2.61 bits per heavy atom. The topological polar surface area (TPSA) is 59.7 Å². The van der Waals surface area contributed by atoms with Crippen LogP contribution >= 0.6 is 0 Å². The number of ether oxygens (including phenoxy) is 1. The van der Waals surface area contributed by atoms with E-state index in [1.165, 1.54) is 0 Å². The van der Waals surface area contributed by atoms with Gasteiger partial charge < -0.3 is 14.3 Å². The van der Waals surface area contributed by atoms with E-state index in [9.17, 15) is 9.90 Å². The van der Waals surface area contributed by atoms with Gasteiger partial charge in [-0.05, 0) is 44.9 Å². The number of fused-ring (bicyclic) bond motifs is 1. The van der Waals surface area contributed by atoms with Gasteiger partial charge in [0.15, 0.2) is 11.3 Å². The number of aromatic hydroxyl groups is 1. The second-order valence-electron chi connectivity index (χ2n) is 4.32. The number of carbonyl (C=O) groups excluding carboxylic acids is 1. The number of aryl methyl sites for hydroxylation is 2. The molecule has 1 N–H and O–H groups in total. The van der Waals surface area contributed by atoms with Gasteiger partial charge in [-0.25, -0.2) is 4.79 Å². The van der Waals surface area contributed by atoms with Crippen molar-refractivity contribution in [2.24, 2.45) is 0 Å². The Kier molecular flexibility index (Phi) is 3.03. The summed E-state index contributed by atoms with van der Waals surface area (Å²) < 4.78 is 10.4. The lowest BCUT2D eigenvalue weighted by Gasteiger charge is -2.03. The van der Waals surface area contributed by atoms with E-state index in [0.717, 1.165) is 16.5 Å². The van der Waals surface area contributed by atoms with Crippen LogP contribution in [0.1, 0.15) is 34.2 Å². The van der Waals surface area contributed by atoms with Crippen LogP contribution in [0.25, 0.3) is 11.0 Å². The first-order valence-corrected chi connectivity index (χ1v) is 5.86. The minimum absolute atomic E-state index is 0.0867. The summed E-state index contributed by atoms with van der Waals surface area (Å²) in [6, 6.07) is 1.91. The molecule has 0 saturated heterocycles. The molecule has 0 spiro atoms. The maximum absolute atomic E-state index is 11.7. The van der Waals surface area contributed by atoms with E-state index < -0.39 is 5.97 Å². The highest BCUT2D eigenvalue weighted by molar-refractivity contribution is 5.98. The third kappa shape index (κ3) is 1.74. The van der Waals surface area contributed by atoms with Crippen LogP contribution in [-0.4, -0.2) is 17.7 Å². The molecule has 0 aliphatic rings. The molecule has 0 aliphatic carbocycles. The molecule has 0 amide bonds. The molecular formula is C14H16O4. The van der Waals surface area contributed by atoms with Gasteiger partial charge in [-0.1, -0.05) is 0 Å². The predicted molar refractivity (Wildman–Crippen MR) is 68.0 cm³/mol. The first-order valence-electron chi connectivity index (χ1n) is 5.86. The number of benzene rings is 1. The molecule has 4 nitrogen and oxygen atoms in total. The maximum Gasteiger partial charge on any atom is 0.374 e. The van der Waals surface area contributed by atoms with Crippen molar-refractivity contribution in [2.75, 3.05) is 6.61 Å². The Bertz CT molecular complexity index is 622. The number of phenolic OH excluding ortho intramolecular Hbond substituents is 1. The lowest BCUT2D eigenvalue weighted by atomic mass is 10.0. The summed E-state index contributed by atoms with van der Waals surface area (Å²) in [4.78, 5) is 11.7. The van der Waals surface area contributed by atoms with Gasteiger partial charge >= 0.3 is 5.97 Å². The van der Waals surface area contributed by atoms with E-state index >= 15 is 0 Å². The highest BCUT2D eigenvalue weighted by Crippen LogP contribution is 2.36. The summed E-state index contributed by atoms with van der Waals surface area (Å²) in [5.41, 5.74) is 2.76. The van der Waals surface area contributed by atoms with Gasteiger partial charge in [0.05, 0.1) is 6.61 Å². The van der Waals surface area contributed by atoms with Crippen molar-refractivity contribution in [3.8, 4) is 5.75 Å². The van der Waals surface area contributed by atoms with Gasteiger partial charge in [-0.15, -0.1) is 0 Å². The molecule has 0 aliphatic heterocycles. The van der Waals surface area contributed by atoms with Gasteiger partial charge in [0.25, 0.3) is 0 Å². The van der Waals surface area contributed by atoms with E-state index in [1.807, 2.05) is 19.9 Å². The van der Waals surface area contributed by atoms with Crippen molar-refractivity contribution in [1.29, 1.82) is 0 Å². The quantitative estimate of drug-likeness (QED) is 0.829. The third-order valence-corrected chi connectivity index (χ3v) is 3.18. The first kappa shape index (κ1) is 12.5. The standard InChI is InChI=1S/C14H16O4/c1-5-17-14(16)12-9(4)10-6-7(2)8(3)11(15)13(10)18-12/h6,15H,5H2,1-4H3.